The third-order valence-electron chi connectivity index (χ3n) is 4.16. The molecule has 4 rings (SSSR count). The summed E-state index contributed by atoms with van der Waals surface area (Å²) in [4.78, 5) is 9.08. The van der Waals surface area contributed by atoms with E-state index in [1.165, 1.54) is 12.3 Å². The minimum atomic E-state index is -0.0550. The van der Waals surface area contributed by atoms with Crippen LogP contribution < -0.4 is 0 Å². The molecule has 3 aromatic carbocycles. The van der Waals surface area contributed by atoms with E-state index in [9.17, 15) is 5.11 Å². The molecule has 9 heteroatoms. The maximum absolute atomic E-state index is 10.1. The van der Waals surface area contributed by atoms with Gasteiger partial charge >= 0.3 is 0 Å². The Morgan fingerprint density at radius 1 is 1.00 bits per heavy atom. The van der Waals surface area contributed by atoms with E-state index in [1.54, 1.807) is 29.2 Å². The maximum atomic E-state index is 10.1. The number of thioether (sulfide) groups is 1. The third-order valence-corrected chi connectivity index (χ3v) is 7.57. The number of aromatic hydroxyl groups is 1. The smallest absolute Gasteiger partial charge is 0.151 e. The Morgan fingerprint density at radius 2 is 1.77 bits per heavy atom. The van der Waals surface area contributed by atoms with Crippen molar-refractivity contribution in [2.45, 2.75) is 10.1 Å². The summed E-state index contributed by atoms with van der Waals surface area (Å²) < 4.78 is 1.92. The predicted molar refractivity (Wildman–Crippen MR) is 131 cm³/mol. The molecule has 0 bridgehead atoms. The van der Waals surface area contributed by atoms with Crippen LogP contribution in [0, 0.1) is 0 Å². The van der Waals surface area contributed by atoms with Gasteiger partial charge in [-0.2, -0.15) is 0 Å². The summed E-state index contributed by atoms with van der Waals surface area (Å²) in [5.41, 5.74) is 2.97. The molecule has 0 saturated carbocycles. The first kappa shape index (κ1) is 21.8. The van der Waals surface area contributed by atoms with Crippen LogP contribution in [0.4, 0.5) is 5.69 Å². The number of aromatic nitrogens is 1. The van der Waals surface area contributed by atoms with E-state index in [-0.39, 0.29) is 10.8 Å². The Hall–Kier alpha value is -1.47. The SMILES string of the molecule is Oc1c(Cl)cc(Cl)cc1C=Nc1ccc2nc(SCc3c(Cl)cccc3Cl)sc2c1. The van der Waals surface area contributed by atoms with E-state index in [4.69, 9.17) is 46.4 Å². The highest BCUT2D eigenvalue weighted by Gasteiger charge is 2.10. The number of aliphatic imine (C=N–C) groups is 1. The van der Waals surface area contributed by atoms with Crippen LogP contribution in [0.1, 0.15) is 11.1 Å². The molecule has 152 valence electrons. The van der Waals surface area contributed by atoms with Crippen LogP contribution in [-0.4, -0.2) is 16.3 Å². The van der Waals surface area contributed by atoms with Crippen LogP contribution >= 0.6 is 69.5 Å². The molecule has 1 heterocycles. The molecule has 1 N–H and O–H groups in total. The van der Waals surface area contributed by atoms with E-state index in [0.29, 0.717) is 26.4 Å². The second-order valence-electron chi connectivity index (χ2n) is 6.20. The van der Waals surface area contributed by atoms with Gasteiger partial charge in [0.1, 0.15) is 5.75 Å². The molecule has 0 amide bonds. The molecule has 0 saturated heterocycles. The Balaban J connectivity index is 1.54. The highest BCUT2D eigenvalue weighted by Crippen LogP contribution is 2.36. The summed E-state index contributed by atoms with van der Waals surface area (Å²) in [5, 5.41) is 12.0. The number of thiazole rings is 1. The van der Waals surface area contributed by atoms with Gasteiger partial charge in [0.25, 0.3) is 0 Å². The van der Waals surface area contributed by atoms with Crippen LogP contribution in [0.3, 0.4) is 0 Å². The fraction of sp³-hybridized carbons (Fsp3) is 0.0476. The Morgan fingerprint density at radius 3 is 2.53 bits per heavy atom. The summed E-state index contributed by atoms with van der Waals surface area (Å²) in [7, 11) is 0. The van der Waals surface area contributed by atoms with Gasteiger partial charge in [0.2, 0.25) is 0 Å². The number of phenolic OH excluding ortho intramolecular Hbond substituents is 1. The summed E-state index contributed by atoms with van der Waals surface area (Å²) in [6, 6.07) is 14.3. The second-order valence-corrected chi connectivity index (χ2v) is 10.1. The number of rotatable bonds is 5. The van der Waals surface area contributed by atoms with Crippen molar-refractivity contribution in [3.63, 3.8) is 0 Å². The van der Waals surface area contributed by atoms with Crippen molar-refractivity contribution in [1.82, 2.24) is 4.98 Å². The molecule has 0 aliphatic carbocycles. The Labute approximate surface area is 201 Å². The molecule has 0 radical (unpaired) electrons. The van der Waals surface area contributed by atoms with E-state index < -0.39 is 0 Å². The van der Waals surface area contributed by atoms with Crippen molar-refractivity contribution in [3.05, 3.63) is 79.7 Å². The molecule has 0 aliphatic heterocycles. The van der Waals surface area contributed by atoms with Crippen molar-refractivity contribution in [1.29, 1.82) is 0 Å². The summed E-state index contributed by atoms with van der Waals surface area (Å²) in [5.74, 6) is 0.582. The van der Waals surface area contributed by atoms with E-state index in [1.807, 2.05) is 36.4 Å². The Kier molecular flexibility index (Phi) is 6.78. The molecule has 4 aromatic rings. The van der Waals surface area contributed by atoms with E-state index >= 15 is 0 Å². The normalized spacial score (nSPS) is 11.6. The Bertz CT molecular complexity index is 1250. The molecule has 1 aromatic heterocycles. The van der Waals surface area contributed by atoms with Crippen LogP contribution in [0.25, 0.3) is 10.2 Å². The van der Waals surface area contributed by atoms with Gasteiger partial charge in [0.05, 0.1) is 20.9 Å². The molecule has 30 heavy (non-hydrogen) atoms. The number of fused-ring (bicyclic) bond motifs is 1. The molecule has 0 atom stereocenters. The topological polar surface area (TPSA) is 45.5 Å². The summed E-state index contributed by atoms with van der Waals surface area (Å²) in [6.07, 6.45) is 1.53. The fourth-order valence-electron chi connectivity index (χ4n) is 2.67. The van der Waals surface area contributed by atoms with Crippen molar-refractivity contribution in [2.75, 3.05) is 0 Å². The lowest BCUT2D eigenvalue weighted by Crippen LogP contribution is -1.84. The highest BCUT2D eigenvalue weighted by atomic mass is 35.5. The lowest BCUT2D eigenvalue weighted by atomic mass is 10.2. The average molecular weight is 514 g/mol. The van der Waals surface area contributed by atoms with Crippen molar-refractivity contribution in [3.8, 4) is 5.75 Å². The van der Waals surface area contributed by atoms with Gasteiger partial charge in [-0.1, -0.05) is 64.2 Å². The first-order valence-electron chi connectivity index (χ1n) is 8.59. The number of phenols is 1. The predicted octanol–water partition coefficient (Wildman–Crippen LogP) is 8.66. The summed E-state index contributed by atoms with van der Waals surface area (Å²) in [6.45, 7) is 0. The molecule has 0 fully saturated rings. The molecular weight excluding hydrogens is 502 g/mol. The molecule has 3 nitrogen and oxygen atoms in total. The van der Waals surface area contributed by atoms with Crippen LogP contribution in [0.5, 0.6) is 5.75 Å². The molecule has 0 unspecified atom stereocenters. The molecule has 0 aliphatic rings. The van der Waals surface area contributed by atoms with Crippen molar-refractivity contribution < 1.29 is 5.11 Å². The van der Waals surface area contributed by atoms with Gasteiger partial charge < -0.3 is 5.11 Å². The first-order valence-corrected chi connectivity index (χ1v) is 11.9. The lowest BCUT2D eigenvalue weighted by Gasteiger charge is -2.04. The van der Waals surface area contributed by atoms with Gasteiger partial charge in [-0.05, 0) is 48.0 Å². The van der Waals surface area contributed by atoms with E-state index in [0.717, 1.165) is 25.8 Å². The zero-order chi connectivity index (χ0) is 21.3. The lowest BCUT2D eigenvalue weighted by molar-refractivity contribution is 0.475. The second kappa shape index (κ2) is 9.35. The minimum Gasteiger partial charge on any atom is -0.506 e. The van der Waals surface area contributed by atoms with Gasteiger partial charge in [-0.15, -0.1) is 11.3 Å². The zero-order valence-electron chi connectivity index (χ0n) is 15.1. The monoisotopic (exact) mass is 512 g/mol. The van der Waals surface area contributed by atoms with Gasteiger partial charge in [-0.25, -0.2) is 4.98 Å². The number of nitrogens with zero attached hydrogens (tertiary/aromatic N) is 2. The third kappa shape index (κ3) is 4.88. The fourth-order valence-corrected chi connectivity index (χ4v) is 6.02. The van der Waals surface area contributed by atoms with Crippen molar-refractivity contribution >= 4 is 91.6 Å². The standard InChI is InChI=1S/C21H12Cl4N2OS2/c22-12-6-11(20(28)17(25)7-12)9-26-13-4-5-18-19(8-13)30-21(27-18)29-10-14-15(23)2-1-3-16(14)24/h1-9,28H,10H2. The number of benzene rings is 3. The average Bonchev–Trinajstić information content (AvgIpc) is 3.11. The van der Waals surface area contributed by atoms with Crippen LogP contribution in [0.15, 0.2) is 57.9 Å². The number of halogens is 4. The maximum Gasteiger partial charge on any atom is 0.151 e. The largest absolute Gasteiger partial charge is 0.506 e. The van der Waals surface area contributed by atoms with Gasteiger partial charge in [-0.3, -0.25) is 4.99 Å². The zero-order valence-corrected chi connectivity index (χ0v) is 19.7. The highest BCUT2D eigenvalue weighted by molar-refractivity contribution is 8.00. The van der Waals surface area contributed by atoms with Crippen LogP contribution in [0.2, 0.25) is 20.1 Å². The minimum absolute atomic E-state index is 0.0550. The number of hydrogen-bond acceptors (Lipinski definition) is 5. The first-order chi connectivity index (χ1) is 14.4. The van der Waals surface area contributed by atoms with Crippen molar-refractivity contribution in [2.24, 2.45) is 4.99 Å². The molecule has 0 spiro atoms. The molecular formula is C21H12Cl4N2OS2. The van der Waals surface area contributed by atoms with Gasteiger partial charge in [0, 0.05) is 32.6 Å². The van der Waals surface area contributed by atoms with Gasteiger partial charge in [0.15, 0.2) is 4.34 Å². The summed E-state index contributed by atoms with van der Waals surface area (Å²) >= 11 is 27.6. The quantitative estimate of drug-likeness (QED) is 0.214. The number of hydrogen-bond donors (Lipinski definition) is 1. The van der Waals surface area contributed by atoms with Crippen LogP contribution in [-0.2, 0) is 5.75 Å². The van der Waals surface area contributed by atoms with E-state index in [2.05, 4.69) is 9.98 Å².